The Morgan fingerprint density at radius 1 is 1.15 bits per heavy atom. The molecule has 1 amide bonds. The van der Waals surface area contributed by atoms with Gasteiger partial charge in [0.25, 0.3) is 5.91 Å². The number of carbonyl (C=O) groups is 1. The Balaban J connectivity index is 1.68. The van der Waals surface area contributed by atoms with Gasteiger partial charge in [-0.25, -0.2) is 0 Å². The Labute approximate surface area is 154 Å². The summed E-state index contributed by atoms with van der Waals surface area (Å²) in [6.07, 6.45) is 2.02. The van der Waals surface area contributed by atoms with E-state index in [1.165, 1.54) is 0 Å². The Kier molecular flexibility index (Phi) is 4.55. The summed E-state index contributed by atoms with van der Waals surface area (Å²) in [5.41, 5.74) is 3.84. The minimum Gasteiger partial charge on any atom is -0.378 e. The third kappa shape index (κ3) is 3.15. The molecular formula is C21H25N3O2. The van der Waals surface area contributed by atoms with Gasteiger partial charge in [-0.3, -0.25) is 4.79 Å². The van der Waals surface area contributed by atoms with Crippen molar-refractivity contribution in [1.29, 1.82) is 0 Å². The molecule has 4 rings (SSSR count). The zero-order chi connectivity index (χ0) is 18.1. The molecule has 0 radical (unpaired) electrons. The molecule has 26 heavy (non-hydrogen) atoms. The van der Waals surface area contributed by atoms with Gasteiger partial charge in [0.2, 0.25) is 0 Å². The van der Waals surface area contributed by atoms with E-state index >= 15 is 0 Å². The summed E-state index contributed by atoms with van der Waals surface area (Å²) in [4.78, 5) is 17.2. The van der Waals surface area contributed by atoms with Crippen LogP contribution >= 0.6 is 0 Å². The number of amides is 1. The highest BCUT2D eigenvalue weighted by atomic mass is 16.5. The molecule has 2 aromatic rings. The van der Waals surface area contributed by atoms with Crippen molar-refractivity contribution in [3.8, 4) is 0 Å². The van der Waals surface area contributed by atoms with Crippen LogP contribution in [0.4, 0.5) is 11.4 Å². The zero-order valence-electron chi connectivity index (χ0n) is 15.3. The molecule has 0 saturated carbocycles. The van der Waals surface area contributed by atoms with Gasteiger partial charge in [-0.2, -0.15) is 0 Å². The predicted octanol–water partition coefficient (Wildman–Crippen LogP) is 3.50. The molecule has 2 aliphatic heterocycles. The van der Waals surface area contributed by atoms with Crippen molar-refractivity contribution < 1.29 is 9.53 Å². The maximum Gasteiger partial charge on any atom is 0.257 e. The van der Waals surface area contributed by atoms with Crippen LogP contribution in [0, 0.1) is 0 Å². The van der Waals surface area contributed by atoms with Gasteiger partial charge in [-0.1, -0.05) is 24.3 Å². The fraction of sp³-hybridized carbons (Fsp3) is 0.381. The first-order chi connectivity index (χ1) is 12.6. The number of fused-ring (bicyclic) bond motifs is 1. The van der Waals surface area contributed by atoms with Crippen molar-refractivity contribution in [2.24, 2.45) is 0 Å². The summed E-state index contributed by atoms with van der Waals surface area (Å²) in [5.74, 6) is 0.0662. The zero-order valence-corrected chi connectivity index (χ0v) is 15.3. The van der Waals surface area contributed by atoms with Gasteiger partial charge < -0.3 is 19.9 Å². The number of anilines is 2. The molecule has 2 aromatic carbocycles. The summed E-state index contributed by atoms with van der Waals surface area (Å²) in [6.45, 7) is 1.40. The average molecular weight is 351 g/mol. The maximum atomic E-state index is 13.2. The minimum atomic E-state index is -0.183. The van der Waals surface area contributed by atoms with Crippen molar-refractivity contribution in [2.45, 2.75) is 25.1 Å². The lowest BCUT2D eigenvalue weighted by Crippen LogP contribution is -2.46. The molecule has 0 aromatic heterocycles. The Morgan fingerprint density at radius 3 is 2.62 bits per heavy atom. The number of rotatable bonds is 4. The highest BCUT2D eigenvalue weighted by Gasteiger charge is 2.35. The maximum absolute atomic E-state index is 13.2. The Bertz CT molecular complexity index is 782. The van der Waals surface area contributed by atoms with E-state index < -0.39 is 0 Å². The van der Waals surface area contributed by atoms with E-state index in [4.69, 9.17) is 4.74 Å². The Morgan fingerprint density at radius 2 is 1.92 bits per heavy atom. The molecule has 0 spiro atoms. The summed E-state index contributed by atoms with van der Waals surface area (Å²) in [6, 6.07) is 16.1. The van der Waals surface area contributed by atoms with Crippen LogP contribution in [0.2, 0.25) is 0 Å². The largest absolute Gasteiger partial charge is 0.378 e. The molecule has 5 heteroatoms. The first-order valence-corrected chi connectivity index (χ1v) is 9.19. The molecule has 0 aliphatic carbocycles. The Hall–Kier alpha value is -2.53. The second-order valence-electron chi connectivity index (χ2n) is 7.17. The number of ether oxygens (including phenoxy) is 1. The number of hydrogen-bond acceptors (Lipinski definition) is 4. The average Bonchev–Trinajstić information content (AvgIpc) is 3.17. The summed E-state index contributed by atoms with van der Waals surface area (Å²) in [7, 11) is 4.05. The quantitative estimate of drug-likeness (QED) is 0.916. The van der Waals surface area contributed by atoms with Crippen LogP contribution in [-0.2, 0) is 4.74 Å². The number of nitrogens with one attached hydrogen (secondary N) is 1. The van der Waals surface area contributed by atoms with Crippen LogP contribution < -0.4 is 10.2 Å². The van der Waals surface area contributed by atoms with E-state index in [9.17, 15) is 4.79 Å². The fourth-order valence-electron chi connectivity index (χ4n) is 3.71. The van der Waals surface area contributed by atoms with Crippen molar-refractivity contribution in [1.82, 2.24) is 4.90 Å². The molecule has 2 unspecified atom stereocenters. The van der Waals surface area contributed by atoms with E-state index in [0.29, 0.717) is 6.54 Å². The molecule has 2 atom stereocenters. The van der Waals surface area contributed by atoms with Crippen LogP contribution in [0.15, 0.2) is 48.5 Å². The number of benzene rings is 2. The summed E-state index contributed by atoms with van der Waals surface area (Å²) < 4.78 is 5.80. The molecule has 0 bridgehead atoms. The first kappa shape index (κ1) is 16.9. The highest BCUT2D eigenvalue weighted by Crippen LogP contribution is 2.34. The topological polar surface area (TPSA) is 44.8 Å². The van der Waals surface area contributed by atoms with E-state index in [-0.39, 0.29) is 18.2 Å². The van der Waals surface area contributed by atoms with Gasteiger partial charge in [0.05, 0.1) is 11.7 Å². The van der Waals surface area contributed by atoms with Crippen LogP contribution in [0.5, 0.6) is 0 Å². The van der Waals surface area contributed by atoms with Crippen LogP contribution in [-0.4, -0.2) is 44.2 Å². The highest BCUT2D eigenvalue weighted by molar-refractivity contribution is 6.01. The fourth-order valence-corrected chi connectivity index (χ4v) is 3.71. The number of hydrogen-bond donors (Lipinski definition) is 1. The second-order valence-corrected chi connectivity index (χ2v) is 7.17. The van der Waals surface area contributed by atoms with Gasteiger partial charge in [-0.15, -0.1) is 0 Å². The lowest BCUT2D eigenvalue weighted by atomic mass is 10.0. The van der Waals surface area contributed by atoms with Crippen LogP contribution in [0.1, 0.15) is 34.9 Å². The molecule has 2 heterocycles. The lowest BCUT2D eigenvalue weighted by molar-refractivity contribution is 0.0427. The monoisotopic (exact) mass is 351 g/mol. The molecule has 136 valence electrons. The number of carbonyl (C=O) groups excluding carboxylic acids is 1. The molecule has 1 N–H and O–H groups in total. The standard InChI is InChI=1S/C21H25N3O2/c1-23(2)16-11-9-15(10-12-16)20-22-19-8-4-3-7-18(19)21(25)24(20)14-17-6-5-13-26-17/h3-4,7-12,17,20,22H,5-6,13-14H2,1-2H3. The van der Waals surface area contributed by atoms with Crippen molar-refractivity contribution in [2.75, 3.05) is 37.5 Å². The molecule has 1 saturated heterocycles. The number of para-hydroxylation sites is 1. The van der Waals surface area contributed by atoms with Crippen molar-refractivity contribution in [3.05, 3.63) is 59.7 Å². The van der Waals surface area contributed by atoms with Gasteiger partial charge in [0.1, 0.15) is 6.17 Å². The normalized spacial score (nSPS) is 22.1. The SMILES string of the molecule is CN(C)c1ccc(C2Nc3ccccc3C(=O)N2CC2CCCO2)cc1. The third-order valence-corrected chi connectivity index (χ3v) is 5.17. The summed E-state index contributed by atoms with van der Waals surface area (Å²) in [5, 5.41) is 3.55. The van der Waals surface area contributed by atoms with Crippen molar-refractivity contribution in [3.63, 3.8) is 0 Å². The van der Waals surface area contributed by atoms with Gasteiger partial charge in [0.15, 0.2) is 0 Å². The van der Waals surface area contributed by atoms with Crippen molar-refractivity contribution >= 4 is 17.3 Å². The second kappa shape index (κ2) is 7.00. The minimum absolute atomic E-state index is 0.0662. The van der Waals surface area contributed by atoms with E-state index in [2.05, 4.69) is 34.5 Å². The van der Waals surface area contributed by atoms with Gasteiger partial charge in [0, 0.05) is 38.6 Å². The summed E-state index contributed by atoms with van der Waals surface area (Å²) >= 11 is 0. The van der Waals surface area contributed by atoms with E-state index in [0.717, 1.165) is 42.0 Å². The van der Waals surface area contributed by atoms with Crippen LogP contribution in [0.25, 0.3) is 0 Å². The molecule has 5 nitrogen and oxygen atoms in total. The molecule has 1 fully saturated rings. The third-order valence-electron chi connectivity index (χ3n) is 5.17. The predicted molar refractivity (Wildman–Crippen MR) is 104 cm³/mol. The molecular weight excluding hydrogens is 326 g/mol. The van der Waals surface area contributed by atoms with Gasteiger partial charge in [-0.05, 0) is 42.7 Å². The molecule has 2 aliphatic rings. The van der Waals surface area contributed by atoms with E-state index in [1.807, 2.05) is 43.3 Å². The number of nitrogens with zero attached hydrogens (tertiary/aromatic N) is 2. The first-order valence-electron chi connectivity index (χ1n) is 9.19. The smallest absolute Gasteiger partial charge is 0.257 e. The van der Waals surface area contributed by atoms with Crippen LogP contribution in [0.3, 0.4) is 0 Å². The van der Waals surface area contributed by atoms with E-state index in [1.54, 1.807) is 0 Å². The van der Waals surface area contributed by atoms with Gasteiger partial charge >= 0.3 is 0 Å². The lowest BCUT2D eigenvalue weighted by Gasteiger charge is -2.39.